The molecule has 2 aromatic heterocycles. The summed E-state index contributed by atoms with van der Waals surface area (Å²) < 4.78 is 52.1. The Kier molecular flexibility index (Phi) is 8.85. The molecule has 0 fully saturated rings. The highest BCUT2D eigenvalue weighted by Crippen LogP contribution is 2.66. The monoisotopic (exact) mass is 533 g/mol. The number of phosphoric acid groups is 3. The van der Waals surface area contributed by atoms with Crippen LogP contribution in [0.4, 0.5) is 5.82 Å². The average molecular weight is 533 g/mol. The van der Waals surface area contributed by atoms with Crippen LogP contribution in [0.5, 0.6) is 0 Å². The second-order valence-electron chi connectivity index (χ2n) is 5.89. The molecule has 0 saturated heterocycles. The summed E-state index contributed by atoms with van der Waals surface area (Å²) >= 11 is 0. The standard InChI is InChI=1S/C12H18N5O13P3/c1-2-7(19)8(4-27-32(23,24)30-33(25,26)29-31(20,21)22)28-9(3-18)17-6-16-10-11(13)14-5-15-12(10)17/h1,5-9,18-19H,3-4H2,(H,23,24)(H,25,26)(H2,13,14,15)(H2,20,21,22)/t7-,8+,9+/m0/s1. The minimum absolute atomic E-state index is 0.0170. The van der Waals surface area contributed by atoms with Crippen molar-refractivity contribution in [2.45, 2.75) is 18.4 Å². The third-order valence-electron chi connectivity index (χ3n) is 3.53. The van der Waals surface area contributed by atoms with Gasteiger partial charge in [0.15, 0.2) is 17.7 Å². The molecule has 33 heavy (non-hydrogen) atoms. The number of anilines is 1. The minimum Gasteiger partial charge on any atom is -0.392 e. The van der Waals surface area contributed by atoms with Crippen LogP contribution in [-0.2, 0) is 31.6 Å². The zero-order chi connectivity index (χ0) is 25.0. The molecule has 8 N–H and O–H groups in total. The van der Waals surface area contributed by atoms with Crippen molar-refractivity contribution in [2.24, 2.45) is 0 Å². The maximum atomic E-state index is 11.9. The van der Waals surface area contributed by atoms with Gasteiger partial charge in [0.25, 0.3) is 0 Å². The topological polar surface area (TPSA) is 279 Å². The van der Waals surface area contributed by atoms with E-state index in [1.807, 2.05) is 5.92 Å². The Bertz CT molecular complexity index is 1160. The smallest absolute Gasteiger partial charge is 0.392 e. The number of rotatable bonds is 12. The number of nitrogens with zero attached hydrogens (tertiary/aromatic N) is 4. The number of ether oxygens (including phenoxy) is 1. The van der Waals surface area contributed by atoms with Crippen LogP contribution in [0, 0.1) is 12.3 Å². The number of nitrogen functional groups attached to an aromatic ring is 1. The maximum Gasteiger partial charge on any atom is 0.490 e. The molecular weight excluding hydrogens is 515 g/mol. The normalized spacial score (nSPS) is 18.7. The van der Waals surface area contributed by atoms with E-state index in [0.29, 0.717) is 0 Å². The number of phosphoric ester groups is 1. The van der Waals surface area contributed by atoms with E-state index in [4.69, 9.17) is 31.6 Å². The highest BCUT2D eigenvalue weighted by Gasteiger charge is 2.41. The van der Waals surface area contributed by atoms with Crippen molar-refractivity contribution in [3.05, 3.63) is 12.7 Å². The number of terminal acetylenes is 1. The molecule has 18 nitrogen and oxygen atoms in total. The fourth-order valence-electron chi connectivity index (χ4n) is 2.26. The molecule has 0 radical (unpaired) electrons. The van der Waals surface area contributed by atoms with Crippen molar-refractivity contribution in [3.63, 3.8) is 0 Å². The van der Waals surface area contributed by atoms with Gasteiger partial charge in [0.05, 0.1) is 19.5 Å². The second-order valence-corrected chi connectivity index (χ2v) is 10.3. The average Bonchev–Trinajstić information content (AvgIpc) is 3.10. The molecule has 0 bridgehead atoms. The van der Waals surface area contributed by atoms with Gasteiger partial charge in [-0.05, 0) is 0 Å². The van der Waals surface area contributed by atoms with Crippen molar-refractivity contribution in [3.8, 4) is 12.3 Å². The molecule has 0 aromatic carbocycles. The van der Waals surface area contributed by atoms with Gasteiger partial charge in [-0.1, -0.05) is 5.92 Å². The van der Waals surface area contributed by atoms with E-state index < -0.39 is 55.1 Å². The summed E-state index contributed by atoms with van der Waals surface area (Å²) in [4.78, 5) is 47.4. The highest BCUT2D eigenvalue weighted by molar-refractivity contribution is 7.66. The lowest BCUT2D eigenvalue weighted by molar-refractivity contribution is -0.122. The van der Waals surface area contributed by atoms with Gasteiger partial charge in [-0.15, -0.1) is 6.42 Å². The fraction of sp³-hybridized carbons (Fsp3) is 0.417. The lowest BCUT2D eigenvalue weighted by Crippen LogP contribution is -2.35. The first-order valence-electron chi connectivity index (χ1n) is 8.30. The van der Waals surface area contributed by atoms with Gasteiger partial charge in [0, 0.05) is 0 Å². The Hall–Kier alpha value is -1.80. The zero-order valence-electron chi connectivity index (χ0n) is 16.1. The third kappa shape index (κ3) is 7.88. The molecular formula is C12H18N5O13P3. The van der Waals surface area contributed by atoms with E-state index in [-0.39, 0.29) is 17.0 Å². The minimum atomic E-state index is -5.75. The molecule has 2 aromatic rings. The van der Waals surface area contributed by atoms with Gasteiger partial charge in [-0.3, -0.25) is 9.09 Å². The molecule has 184 valence electrons. The number of hydrogen-bond donors (Lipinski definition) is 7. The molecule has 0 spiro atoms. The van der Waals surface area contributed by atoms with E-state index >= 15 is 0 Å². The predicted molar refractivity (Wildman–Crippen MR) is 105 cm³/mol. The quantitative estimate of drug-likeness (QED) is 0.122. The van der Waals surface area contributed by atoms with Crippen molar-refractivity contribution in [1.82, 2.24) is 19.5 Å². The lowest BCUT2D eigenvalue weighted by atomic mass is 10.2. The van der Waals surface area contributed by atoms with E-state index in [2.05, 4.69) is 28.1 Å². The van der Waals surface area contributed by atoms with E-state index in [0.717, 1.165) is 12.7 Å². The van der Waals surface area contributed by atoms with Crippen LogP contribution in [0.2, 0.25) is 0 Å². The second kappa shape index (κ2) is 10.6. The van der Waals surface area contributed by atoms with Crippen LogP contribution in [0.15, 0.2) is 12.7 Å². The van der Waals surface area contributed by atoms with E-state index in [9.17, 15) is 28.8 Å². The Morgan fingerprint density at radius 1 is 1.12 bits per heavy atom. The van der Waals surface area contributed by atoms with Gasteiger partial charge in [0.2, 0.25) is 0 Å². The molecule has 2 heterocycles. The number of aliphatic hydroxyl groups excluding tert-OH is 2. The van der Waals surface area contributed by atoms with Gasteiger partial charge >= 0.3 is 23.5 Å². The van der Waals surface area contributed by atoms with Gasteiger partial charge in [-0.25, -0.2) is 28.6 Å². The first-order chi connectivity index (χ1) is 15.2. The Balaban J connectivity index is 2.18. The molecule has 2 unspecified atom stereocenters. The summed E-state index contributed by atoms with van der Waals surface area (Å²) in [5.74, 6) is 1.87. The molecule has 5 atom stereocenters. The van der Waals surface area contributed by atoms with Crippen molar-refractivity contribution >= 4 is 40.4 Å². The molecule has 2 rings (SSSR count). The predicted octanol–water partition coefficient (Wildman–Crippen LogP) is -1.38. The first kappa shape index (κ1) is 27.4. The Labute approximate surface area is 184 Å². The molecule has 0 aliphatic carbocycles. The van der Waals surface area contributed by atoms with E-state index in [1.165, 1.54) is 4.57 Å². The van der Waals surface area contributed by atoms with Crippen LogP contribution in [-0.4, -0.2) is 74.7 Å². The molecule has 0 aliphatic heterocycles. The van der Waals surface area contributed by atoms with Crippen LogP contribution in [0.25, 0.3) is 11.2 Å². The van der Waals surface area contributed by atoms with Crippen molar-refractivity contribution in [1.29, 1.82) is 0 Å². The summed E-state index contributed by atoms with van der Waals surface area (Å²) in [6, 6.07) is 0. The van der Waals surface area contributed by atoms with Crippen LogP contribution < -0.4 is 5.73 Å². The summed E-state index contributed by atoms with van der Waals surface area (Å²) in [5, 5.41) is 19.7. The number of fused-ring (bicyclic) bond motifs is 1. The summed E-state index contributed by atoms with van der Waals surface area (Å²) in [5.41, 5.74) is 5.94. The first-order valence-corrected chi connectivity index (χ1v) is 12.8. The Morgan fingerprint density at radius 2 is 1.79 bits per heavy atom. The van der Waals surface area contributed by atoms with Gasteiger partial charge < -0.3 is 40.3 Å². The molecule has 0 amide bonds. The summed E-state index contributed by atoms with van der Waals surface area (Å²) in [7, 11) is -16.9. The fourth-order valence-corrected chi connectivity index (χ4v) is 5.29. The number of nitrogens with two attached hydrogens (primary N) is 1. The Morgan fingerprint density at radius 3 is 2.36 bits per heavy atom. The summed E-state index contributed by atoms with van der Waals surface area (Å²) in [6.45, 7) is -1.83. The maximum absolute atomic E-state index is 11.9. The van der Waals surface area contributed by atoms with Crippen LogP contribution in [0.3, 0.4) is 0 Å². The largest absolute Gasteiger partial charge is 0.490 e. The number of imidazole rings is 1. The van der Waals surface area contributed by atoms with Gasteiger partial charge in [-0.2, -0.15) is 8.62 Å². The number of aromatic nitrogens is 4. The third-order valence-corrected chi connectivity index (χ3v) is 7.33. The number of hydrogen-bond acceptors (Lipinski definition) is 13. The molecule has 0 saturated carbocycles. The van der Waals surface area contributed by atoms with Crippen LogP contribution >= 0.6 is 23.5 Å². The lowest BCUT2D eigenvalue weighted by Gasteiger charge is -2.26. The SMILES string of the molecule is C#C[C@H](O)[C@@H](COP(=O)(O)OP(=O)(O)OP(=O)(O)O)O[C@H](CO)n1cnc2c(N)ncnc21. The van der Waals surface area contributed by atoms with Crippen molar-refractivity contribution in [2.75, 3.05) is 18.9 Å². The zero-order valence-corrected chi connectivity index (χ0v) is 18.8. The van der Waals surface area contributed by atoms with Crippen LogP contribution in [0.1, 0.15) is 6.23 Å². The van der Waals surface area contributed by atoms with Gasteiger partial charge in [0.1, 0.15) is 24.1 Å². The molecule has 0 aliphatic rings. The molecule has 21 heteroatoms. The summed E-state index contributed by atoms with van der Waals surface area (Å²) in [6.07, 6.45) is 2.58. The number of aliphatic hydroxyl groups is 2. The van der Waals surface area contributed by atoms with Crippen molar-refractivity contribution < 1.29 is 61.4 Å². The van der Waals surface area contributed by atoms with E-state index in [1.54, 1.807) is 0 Å². The highest BCUT2D eigenvalue weighted by atomic mass is 31.3.